The van der Waals surface area contributed by atoms with Gasteiger partial charge in [-0.3, -0.25) is 0 Å². The molecule has 0 aliphatic heterocycles. The summed E-state index contributed by atoms with van der Waals surface area (Å²) in [5.41, 5.74) is 0. The van der Waals surface area contributed by atoms with Gasteiger partial charge in [0.05, 0.1) is 0 Å². The molecule has 2 aliphatic rings. The lowest BCUT2D eigenvalue weighted by Crippen LogP contribution is -2.15. The molecule has 1 unspecified atom stereocenters. The van der Waals surface area contributed by atoms with E-state index >= 15 is 0 Å². The fourth-order valence-corrected chi connectivity index (χ4v) is 3.84. The summed E-state index contributed by atoms with van der Waals surface area (Å²) < 4.78 is 0. The highest BCUT2D eigenvalue weighted by Gasteiger charge is 2.23. The molecule has 0 bridgehead atoms. The van der Waals surface area contributed by atoms with E-state index in [2.05, 4.69) is 13.8 Å². The molecule has 94 valence electrons. The number of hydrogen-bond acceptors (Lipinski definition) is 0. The van der Waals surface area contributed by atoms with Gasteiger partial charge in [0.2, 0.25) is 0 Å². The van der Waals surface area contributed by atoms with Gasteiger partial charge in [0.15, 0.2) is 0 Å². The molecule has 2 fully saturated rings. The van der Waals surface area contributed by atoms with Crippen LogP contribution in [-0.4, -0.2) is 0 Å². The van der Waals surface area contributed by atoms with Gasteiger partial charge in [-0.15, -0.1) is 0 Å². The molecule has 0 nitrogen and oxygen atoms in total. The van der Waals surface area contributed by atoms with Gasteiger partial charge < -0.3 is 0 Å². The van der Waals surface area contributed by atoms with E-state index in [0.717, 1.165) is 23.7 Å². The third-order valence-electron chi connectivity index (χ3n) is 5.18. The van der Waals surface area contributed by atoms with Crippen LogP contribution in [0.1, 0.15) is 78.1 Å². The van der Waals surface area contributed by atoms with Gasteiger partial charge in [-0.2, -0.15) is 0 Å². The Labute approximate surface area is 102 Å². The predicted octanol–water partition coefficient (Wildman–Crippen LogP) is 5.42. The fourth-order valence-electron chi connectivity index (χ4n) is 3.84. The normalized spacial score (nSPS) is 41.6. The first kappa shape index (κ1) is 12.5. The highest BCUT2D eigenvalue weighted by Crippen LogP contribution is 2.37. The zero-order chi connectivity index (χ0) is 11.4. The second-order valence-electron chi connectivity index (χ2n) is 6.84. The average molecular weight is 222 g/mol. The van der Waals surface area contributed by atoms with E-state index in [1.807, 2.05) is 0 Å². The summed E-state index contributed by atoms with van der Waals surface area (Å²) in [4.78, 5) is 0. The zero-order valence-corrected chi connectivity index (χ0v) is 11.4. The van der Waals surface area contributed by atoms with Crippen LogP contribution in [0.15, 0.2) is 0 Å². The Morgan fingerprint density at radius 1 is 0.625 bits per heavy atom. The molecule has 0 saturated heterocycles. The SMILES string of the molecule is CC1CCC(C[C@@H]2CCCC(C)CC2)CC1. The Bertz CT molecular complexity index is 188. The van der Waals surface area contributed by atoms with Crippen LogP contribution in [-0.2, 0) is 0 Å². The summed E-state index contributed by atoms with van der Waals surface area (Å²) in [6.45, 7) is 4.88. The number of hydrogen-bond donors (Lipinski definition) is 0. The second-order valence-corrected chi connectivity index (χ2v) is 6.84. The van der Waals surface area contributed by atoms with E-state index in [0.29, 0.717) is 0 Å². The summed E-state index contributed by atoms with van der Waals surface area (Å²) in [5.74, 6) is 4.21. The summed E-state index contributed by atoms with van der Waals surface area (Å²) in [6, 6.07) is 0. The molecule has 2 atom stereocenters. The minimum Gasteiger partial charge on any atom is -0.0625 e. The molecular formula is C16H30. The van der Waals surface area contributed by atoms with Gasteiger partial charge in [0.25, 0.3) is 0 Å². The molecule has 2 saturated carbocycles. The first-order chi connectivity index (χ1) is 7.74. The van der Waals surface area contributed by atoms with Crippen LogP contribution < -0.4 is 0 Å². The van der Waals surface area contributed by atoms with Gasteiger partial charge in [-0.1, -0.05) is 71.6 Å². The second kappa shape index (κ2) is 6.07. The van der Waals surface area contributed by atoms with Crippen molar-refractivity contribution in [3.8, 4) is 0 Å². The van der Waals surface area contributed by atoms with Crippen molar-refractivity contribution >= 4 is 0 Å². The van der Waals surface area contributed by atoms with Crippen LogP contribution >= 0.6 is 0 Å². The maximum absolute atomic E-state index is 2.45. The molecule has 0 heterocycles. The van der Waals surface area contributed by atoms with Crippen molar-refractivity contribution in [2.45, 2.75) is 78.1 Å². The van der Waals surface area contributed by atoms with Gasteiger partial charge in [-0.05, 0) is 30.1 Å². The molecule has 0 radical (unpaired) electrons. The maximum Gasteiger partial charge on any atom is -0.0411 e. The van der Waals surface area contributed by atoms with Crippen LogP contribution in [0.5, 0.6) is 0 Å². The molecule has 0 aromatic heterocycles. The standard InChI is InChI=1S/C16H30/c1-13-4-3-5-15(9-6-13)12-16-10-7-14(2)8-11-16/h13-16H,3-12H2,1-2H3/t13?,14?,15-,16?/m1/s1. The van der Waals surface area contributed by atoms with E-state index in [1.165, 1.54) is 57.8 Å². The molecule has 16 heavy (non-hydrogen) atoms. The van der Waals surface area contributed by atoms with Crippen molar-refractivity contribution in [1.29, 1.82) is 0 Å². The van der Waals surface area contributed by atoms with E-state index in [1.54, 1.807) is 6.42 Å². The first-order valence-electron chi connectivity index (χ1n) is 7.74. The first-order valence-corrected chi connectivity index (χ1v) is 7.74. The Morgan fingerprint density at radius 3 is 1.75 bits per heavy atom. The lowest BCUT2D eigenvalue weighted by Gasteiger charge is -2.29. The molecule has 0 amide bonds. The van der Waals surface area contributed by atoms with Crippen molar-refractivity contribution in [3.63, 3.8) is 0 Å². The minimum atomic E-state index is 1.01. The van der Waals surface area contributed by atoms with E-state index in [-0.39, 0.29) is 0 Å². The zero-order valence-electron chi connectivity index (χ0n) is 11.4. The van der Waals surface area contributed by atoms with Crippen molar-refractivity contribution in [2.24, 2.45) is 23.7 Å². The molecule has 0 aromatic rings. The molecule has 2 rings (SSSR count). The largest absolute Gasteiger partial charge is 0.0625 e. The Hall–Kier alpha value is 0. The monoisotopic (exact) mass is 222 g/mol. The Balaban J connectivity index is 1.72. The van der Waals surface area contributed by atoms with Crippen molar-refractivity contribution < 1.29 is 0 Å². The minimum absolute atomic E-state index is 1.01. The number of rotatable bonds is 2. The molecule has 2 aliphatic carbocycles. The predicted molar refractivity (Wildman–Crippen MR) is 71.5 cm³/mol. The molecular weight excluding hydrogens is 192 g/mol. The highest BCUT2D eigenvalue weighted by molar-refractivity contribution is 4.75. The van der Waals surface area contributed by atoms with Crippen LogP contribution in [0.25, 0.3) is 0 Å². The topological polar surface area (TPSA) is 0 Å². The van der Waals surface area contributed by atoms with E-state index < -0.39 is 0 Å². The summed E-state index contributed by atoms with van der Waals surface area (Å²) >= 11 is 0. The van der Waals surface area contributed by atoms with Gasteiger partial charge in [0, 0.05) is 0 Å². The van der Waals surface area contributed by atoms with Gasteiger partial charge >= 0.3 is 0 Å². The van der Waals surface area contributed by atoms with Crippen LogP contribution in [0.2, 0.25) is 0 Å². The lowest BCUT2D eigenvalue weighted by molar-refractivity contribution is 0.235. The third-order valence-corrected chi connectivity index (χ3v) is 5.18. The van der Waals surface area contributed by atoms with Crippen molar-refractivity contribution in [2.75, 3.05) is 0 Å². The van der Waals surface area contributed by atoms with Crippen molar-refractivity contribution in [3.05, 3.63) is 0 Å². The molecule has 0 aromatic carbocycles. The van der Waals surface area contributed by atoms with Gasteiger partial charge in [0.1, 0.15) is 0 Å². The Morgan fingerprint density at radius 2 is 1.12 bits per heavy atom. The van der Waals surface area contributed by atoms with E-state index in [4.69, 9.17) is 0 Å². The van der Waals surface area contributed by atoms with E-state index in [9.17, 15) is 0 Å². The van der Waals surface area contributed by atoms with Crippen LogP contribution in [0.3, 0.4) is 0 Å². The van der Waals surface area contributed by atoms with Crippen LogP contribution in [0, 0.1) is 23.7 Å². The summed E-state index contributed by atoms with van der Waals surface area (Å²) in [6.07, 6.45) is 15.2. The summed E-state index contributed by atoms with van der Waals surface area (Å²) in [5, 5.41) is 0. The molecule has 0 heteroatoms. The van der Waals surface area contributed by atoms with Crippen molar-refractivity contribution in [1.82, 2.24) is 0 Å². The third kappa shape index (κ3) is 3.79. The Kier molecular flexibility index (Phi) is 4.73. The molecule has 0 N–H and O–H groups in total. The maximum atomic E-state index is 2.45. The molecule has 0 spiro atoms. The quantitative estimate of drug-likeness (QED) is 0.547. The van der Waals surface area contributed by atoms with Gasteiger partial charge in [-0.25, -0.2) is 0 Å². The lowest BCUT2D eigenvalue weighted by atomic mass is 9.77. The summed E-state index contributed by atoms with van der Waals surface area (Å²) in [7, 11) is 0. The highest BCUT2D eigenvalue weighted by atomic mass is 14.3. The smallest absolute Gasteiger partial charge is 0.0411 e. The fraction of sp³-hybridized carbons (Fsp3) is 1.00. The van der Waals surface area contributed by atoms with Crippen LogP contribution in [0.4, 0.5) is 0 Å². The average Bonchev–Trinajstić information content (AvgIpc) is 2.47.